The summed E-state index contributed by atoms with van der Waals surface area (Å²) < 4.78 is 26.3. The van der Waals surface area contributed by atoms with Crippen molar-refractivity contribution in [2.45, 2.75) is 143 Å². The van der Waals surface area contributed by atoms with Crippen molar-refractivity contribution in [1.82, 2.24) is 0 Å². The fourth-order valence-corrected chi connectivity index (χ4v) is 10.8. The van der Waals surface area contributed by atoms with Crippen LogP contribution >= 0.6 is 0 Å². The van der Waals surface area contributed by atoms with Crippen LogP contribution in [0.25, 0.3) is 0 Å². The summed E-state index contributed by atoms with van der Waals surface area (Å²) in [5.41, 5.74) is -2.52. The Morgan fingerprint density at radius 2 is 1.04 bits per heavy atom. The van der Waals surface area contributed by atoms with Gasteiger partial charge in [0.25, 0.3) is 0 Å². The van der Waals surface area contributed by atoms with Gasteiger partial charge in [-0.3, -0.25) is 0 Å². The van der Waals surface area contributed by atoms with Crippen LogP contribution in [-0.2, 0) is 38.1 Å². The number of carbonyl (C=O) groups is 4. The number of fused-ring (bicyclic) bond motifs is 5. The summed E-state index contributed by atoms with van der Waals surface area (Å²) in [6.07, 6.45) is 2.69. The van der Waals surface area contributed by atoms with Crippen LogP contribution in [0, 0.1) is 34.5 Å². The Morgan fingerprint density at radius 3 is 1.36 bits per heavy atom. The summed E-state index contributed by atoms with van der Waals surface area (Å²) >= 11 is 0. The largest absolute Gasteiger partial charge is 0.454 e. The molecule has 10 heteroatoms. The van der Waals surface area contributed by atoms with Crippen LogP contribution < -0.4 is 0 Å². The number of ether oxygens (including phenoxy) is 4. The van der Waals surface area contributed by atoms with Crippen molar-refractivity contribution in [3.63, 3.8) is 0 Å². The molecule has 0 aromatic carbocycles. The Labute approximate surface area is 295 Å². The Bertz CT molecular complexity index is 1530. The average molecular weight is 695 g/mol. The second-order valence-corrected chi connectivity index (χ2v) is 16.4. The number of esters is 4. The van der Waals surface area contributed by atoms with Gasteiger partial charge in [0.2, 0.25) is 0 Å². The number of carbonyl (C=O) groups excluding carboxylic acids is 4. The summed E-state index contributed by atoms with van der Waals surface area (Å²) in [7, 11) is 0. The zero-order chi connectivity index (χ0) is 36.9. The predicted octanol–water partition coefficient (Wildman–Crippen LogP) is 5.60. The maximum Gasteiger partial charge on any atom is 0.335 e. The van der Waals surface area contributed by atoms with Crippen LogP contribution in [0.5, 0.6) is 0 Å². The smallest absolute Gasteiger partial charge is 0.335 e. The molecule has 0 spiro atoms. The SMILES string of the molecule is CC=C(C)C(=O)OC1C2=C(C)C(=O)OC2(C23CC4CCC(O)C(C)C4(C)C(OC(=O)C(C)=CC)C2=C(C)C(=O)O3)CC2CCC(O)C(C)C21C. The van der Waals surface area contributed by atoms with Crippen LogP contribution in [0.1, 0.15) is 108 Å². The Kier molecular flexibility index (Phi) is 8.90. The molecule has 6 rings (SSSR count). The number of hydrogen-bond acceptors (Lipinski definition) is 10. The molecule has 2 aliphatic heterocycles. The number of aliphatic hydroxyl groups excluding tert-OH is 2. The van der Waals surface area contributed by atoms with Crippen molar-refractivity contribution >= 4 is 23.9 Å². The van der Waals surface area contributed by atoms with Gasteiger partial charge >= 0.3 is 23.9 Å². The van der Waals surface area contributed by atoms with E-state index in [1.165, 1.54) is 0 Å². The van der Waals surface area contributed by atoms with Crippen molar-refractivity contribution < 1.29 is 48.3 Å². The summed E-state index contributed by atoms with van der Waals surface area (Å²) in [6, 6.07) is 0. The lowest BCUT2D eigenvalue weighted by Gasteiger charge is -2.65. The molecule has 274 valence electrons. The van der Waals surface area contributed by atoms with Gasteiger partial charge in [0.05, 0.1) is 12.2 Å². The van der Waals surface area contributed by atoms with E-state index in [0.717, 1.165) is 0 Å². The third-order valence-corrected chi connectivity index (χ3v) is 14.7. The van der Waals surface area contributed by atoms with E-state index in [-0.39, 0.29) is 47.7 Å². The number of hydrogen-bond donors (Lipinski definition) is 2. The molecule has 2 N–H and O–H groups in total. The quantitative estimate of drug-likeness (QED) is 0.212. The van der Waals surface area contributed by atoms with Gasteiger partial charge in [-0.05, 0) is 104 Å². The number of allylic oxidation sites excluding steroid dienone is 2. The standard InChI is InChI=1S/C40H54O10/c1-11-19(3)33(43)47-31-29-21(5)35(45)49-39(29,17-25-13-15-27(41)23(7)37(25,31)9)40-18-26-14-16-28(42)24(8)38(26,10)32(48-34(44)20(4)12-2)30(40)22(6)36(46)50-40/h11-12,23-28,31-32,41-42H,13-18H2,1-10H3. The zero-order valence-electron chi connectivity index (χ0n) is 31.2. The van der Waals surface area contributed by atoms with Gasteiger partial charge in [-0.15, -0.1) is 0 Å². The van der Waals surface area contributed by atoms with E-state index >= 15 is 0 Å². The van der Waals surface area contributed by atoms with Crippen molar-refractivity contribution in [1.29, 1.82) is 0 Å². The van der Waals surface area contributed by atoms with Crippen molar-refractivity contribution in [2.75, 3.05) is 0 Å². The maximum atomic E-state index is 14.1. The lowest BCUT2D eigenvalue weighted by Crippen LogP contribution is -2.72. The maximum absolute atomic E-state index is 14.1. The topological polar surface area (TPSA) is 146 Å². The first-order valence-corrected chi connectivity index (χ1v) is 18.3. The molecule has 0 bridgehead atoms. The molecular weight excluding hydrogens is 640 g/mol. The van der Waals surface area contributed by atoms with Crippen LogP contribution in [-0.4, -0.2) is 69.7 Å². The molecule has 4 fully saturated rings. The first kappa shape index (κ1) is 36.5. The molecule has 4 saturated carbocycles. The van der Waals surface area contributed by atoms with Crippen molar-refractivity contribution in [2.24, 2.45) is 34.5 Å². The summed E-state index contributed by atoms with van der Waals surface area (Å²) in [4.78, 5) is 55.6. The molecule has 50 heavy (non-hydrogen) atoms. The van der Waals surface area contributed by atoms with E-state index in [1.807, 2.05) is 27.7 Å². The van der Waals surface area contributed by atoms with Gasteiger partial charge < -0.3 is 29.2 Å². The molecule has 2 heterocycles. The summed E-state index contributed by atoms with van der Waals surface area (Å²) in [6.45, 7) is 18.1. The molecular formula is C40H54O10. The first-order chi connectivity index (χ1) is 23.4. The second kappa shape index (κ2) is 12.2. The Morgan fingerprint density at radius 1 is 0.700 bits per heavy atom. The lowest BCUT2D eigenvalue weighted by molar-refractivity contribution is -0.242. The molecule has 12 unspecified atom stereocenters. The fraction of sp³-hybridized carbons (Fsp3) is 0.700. The Hall–Kier alpha value is -3.24. The van der Waals surface area contributed by atoms with Crippen LogP contribution in [0.3, 0.4) is 0 Å². The van der Waals surface area contributed by atoms with Gasteiger partial charge in [-0.25, -0.2) is 19.2 Å². The predicted molar refractivity (Wildman–Crippen MR) is 183 cm³/mol. The van der Waals surface area contributed by atoms with E-state index in [0.29, 0.717) is 48.0 Å². The molecule has 4 aliphatic carbocycles. The van der Waals surface area contributed by atoms with Crippen molar-refractivity contribution in [3.05, 3.63) is 45.6 Å². The van der Waals surface area contributed by atoms with E-state index in [4.69, 9.17) is 18.9 Å². The molecule has 10 nitrogen and oxygen atoms in total. The molecule has 12 atom stereocenters. The highest BCUT2D eigenvalue weighted by Crippen LogP contribution is 2.71. The van der Waals surface area contributed by atoms with Gasteiger partial charge in [0.1, 0.15) is 12.2 Å². The molecule has 0 saturated heterocycles. The van der Waals surface area contributed by atoms with Crippen LogP contribution in [0.15, 0.2) is 45.6 Å². The average Bonchev–Trinajstić information content (AvgIpc) is 3.50. The van der Waals surface area contributed by atoms with E-state index in [9.17, 15) is 29.4 Å². The van der Waals surface area contributed by atoms with Gasteiger partial charge in [-0.2, -0.15) is 0 Å². The van der Waals surface area contributed by atoms with E-state index < -0.39 is 70.3 Å². The zero-order valence-corrected chi connectivity index (χ0v) is 31.2. The molecule has 0 aromatic rings. The number of aliphatic hydroxyl groups is 2. The molecule has 0 aromatic heterocycles. The minimum atomic E-state index is -1.58. The minimum Gasteiger partial charge on any atom is -0.454 e. The van der Waals surface area contributed by atoms with E-state index in [2.05, 4.69) is 0 Å². The fourth-order valence-electron chi connectivity index (χ4n) is 10.8. The van der Waals surface area contributed by atoms with Crippen LogP contribution in [0.4, 0.5) is 0 Å². The third kappa shape index (κ3) is 4.65. The van der Waals surface area contributed by atoms with Crippen molar-refractivity contribution in [3.8, 4) is 0 Å². The molecule has 6 aliphatic rings. The Balaban J connectivity index is 1.64. The van der Waals surface area contributed by atoms with Gasteiger partial charge in [0.15, 0.2) is 11.2 Å². The monoisotopic (exact) mass is 694 g/mol. The summed E-state index contributed by atoms with van der Waals surface area (Å²) in [5, 5.41) is 22.5. The highest BCUT2D eigenvalue weighted by atomic mass is 16.6. The first-order valence-electron chi connectivity index (χ1n) is 18.3. The van der Waals surface area contributed by atoms with Crippen LogP contribution in [0.2, 0.25) is 0 Å². The number of rotatable bonds is 5. The van der Waals surface area contributed by atoms with E-state index in [1.54, 1.807) is 53.7 Å². The minimum absolute atomic E-state index is 0.214. The normalized spacial score (nSPS) is 44.5. The summed E-state index contributed by atoms with van der Waals surface area (Å²) in [5.74, 6) is -3.33. The third-order valence-electron chi connectivity index (χ3n) is 14.7. The molecule has 0 amide bonds. The highest BCUT2D eigenvalue weighted by molar-refractivity contribution is 5.97. The second-order valence-electron chi connectivity index (χ2n) is 16.4. The van der Waals surface area contributed by atoms with Gasteiger partial charge in [-0.1, -0.05) is 39.8 Å². The highest BCUT2D eigenvalue weighted by Gasteiger charge is 2.79. The van der Waals surface area contributed by atoms with Gasteiger partial charge in [0, 0.05) is 44.3 Å². The lowest BCUT2D eigenvalue weighted by atomic mass is 9.43. The molecule has 0 radical (unpaired) electrons.